The zero-order chi connectivity index (χ0) is 19.1. The molecule has 6 nitrogen and oxygen atoms in total. The Kier molecular flexibility index (Phi) is 7.22. The summed E-state index contributed by atoms with van der Waals surface area (Å²) in [6.45, 7) is 1.66. The van der Waals surface area contributed by atoms with Gasteiger partial charge in [-0.25, -0.2) is 18.7 Å². The summed E-state index contributed by atoms with van der Waals surface area (Å²) in [4.78, 5) is 8.08. The minimum Gasteiger partial charge on any atom is -0.496 e. The van der Waals surface area contributed by atoms with Gasteiger partial charge in [-0.05, 0) is 49.0 Å². The molecule has 0 spiro atoms. The fourth-order valence-electron chi connectivity index (χ4n) is 2.05. The summed E-state index contributed by atoms with van der Waals surface area (Å²) in [5.74, 6) is 1.11. The van der Waals surface area contributed by atoms with Gasteiger partial charge in [0, 0.05) is 17.0 Å². The Hall–Kier alpha value is -2.33. The third-order valence-corrected chi connectivity index (χ3v) is 4.11. The number of halogens is 2. The first-order chi connectivity index (χ1) is 12.4. The van der Waals surface area contributed by atoms with Crippen LogP contribution in [0.1, 0.15) is 28.9 Å². The van der Waals surface area contributed by atoms with E-state index in [0.29, 0.717) is 17.2 Å². The number of aromatic nitrogens is 2. The molecular weight excluding hydrogens is 380 g/mol. The van der Waals surface area contributed by atoms with Crippen LogP contribution in [0.2, 0.25) is 0 Å². The number of rotatable bonds is 7. The molecule has 0 unspecified atom stereocenters. The minimum absolute atomic E-state index is 0.0666. The van der Waals surface area contributed by atoms with Gasteiger partial charge >= 0.3 is 0 Å². The minimum atomic E-state index is -2.63. The quantitative estimate of drug-likeness (QED) is 0.244. The van der Waals surface area contributed by atoms with Gasteiger partial charge in [-0.15, -0.1) is 0 Å². The van der Waals surface area contributed by atoms with Gasteiger partial charge in [0.15, 0.2) is 10.3 Å². The van der Waals surface area contributed by atoms with Crippen LogP contribution in [-0.2, 0) is 5.75 Å². The molecule has 2 aromatic rings. The number of nitrogens with zero attached hydrogens (tertiary/aromatic N) is 3. The van der Waals surface area contributed by atoms with E-state index in [2.05, 4.69) is 32.7 Å². The zero-order valence-electron chi connectivity index (χ0n) is 14.1. The van der Waals surface area contributed by atoms with Crippen molar-refractivity contribution in [2.75, 3.05) is 7.11 Å². The van der Waals surface area contributed by atoms with Crippen LogP contribution in [0.3, 0.4) is 0 Å². The Morgan fingerprint density at radius 1 is 1.42 bits per heavy atom. The molecule has 0 bridgehead atoms. The normalized spacial score (nSPS) is 11.1. The summed E-state index contributed by atoms with van der Waals surface area (Å²) in [7, 11) is 1.56. The van der Waals surface area contributed by atoms with Crippen LogP contribution in [0.4, 0.5) is 8.78 Å². The number of alkyl halides is 2. The van der Waals surface area contributed by atoms with Gasteiger partial charge in [0.2, 0.25) is 0 Å². The molecule has 0 saturated carbocycles. The van der Waals surface area contributed by atoms with E-state index in [1.165, 1.54) is 17.8 Å². The van der Waals surface area contributed by atoms with E-state index in [1.807, 2.05) is 12.1 Å². The number of nitrogens with two attached hydrogens (primary N) is 1. The van der Waals surface area contributed by atoms with Gasteiger partial charge in [0.1, 0.15) is 11.4 Å². The second-order valence-electron chi connectivity index (χ2n) is 5.11. The lowest BCUT2D eigenvalue weighted by molar-refractivity contribution is 0.145. The fourth-order valence-corrected chi connectivity index (χ4v) is 2.99. The van der Waals surface area contributed by atoms with E-state index >= 15 is 0 Å². The summed E-state index contributed by atoms with van der Waals surface area (Å²) >= 11 is 5.92. The number of benzene rings is 1. The molecule has 0 aliphatic heterocycles. The van der Waals surface area contributed by atoms with E-state index in [1.54, 1.807) is 26.3 Å². The first-order valence-electron chi connectivity index (χ1n) is 7.41. The van der Waals surface area contributed by atoms with E-state index in [-0.39, 0.29) is 16.0 Å². The summed E-state index contributed by atoms with van der Waals surface area (Å²) in [6, 6.07) is 6.75. The second kappa shape index (κ2) is 9.39. The average Bonchev–Trinajstić information content (AvgIpc) is 2.59. The Balaban J connectivity index is 2.17. The van der Waals surface area contributed by atoms with Gasteiger partial charge in [0.05, 0.1) is 13.3 Å². The number of thioether (sulfide) groups is 1. The Bertz CT molecular complexity index is 817. The predicted octanol–water partition coefficient (Wildman–Crippen LogP) is 3.19. The van der Waals surface area contributed by atoms with E-state index in [4.69, 9.17) is 10.5 Å². The molecule has 2 rings (SSSR count). The van der Waals surface area contributed by atoms with Gasteiger partial charge < -0.3 is 10.5 Å². The summed E-state index contributed by atoms with van der Waals surface area (Å²) in [5, 5.41) is 4.26. The van der Waals surface area contributed by atoms with Crippen LogP contribution >= 0.6 is 24.0 Å². The molecule has 1 aromatic heterocycles. The molecule has 0 amide bonds. The van der Waals surface area contributed by atoms with Crippen LogP contribution < -0.4 is 15.9 Å². The van der Waals surface area contributed by atoms with Crippen molar-refractivity contribution in [3.63, 3.8) is 0 Å². The van der Waals surface area contributed by atoms with Crippen molar-refractivity contribution in [1.29, 1.82) is 0 Å². The molecule has 0 atom stereocenters. The number of hydrogen-bond donors (Lipinski definition) is 2. The topological polar surface area (TPSA) is 85.4 Å². The predicted molar refractivity (Wildman–Crippen MR) is 102 cm³/mol. The number of hydrogen-bond acceptors (Lipinski definition) is 6. The molecule has 3 N–H and O–H groups in total. The number of ether oxygens (including phenoxy) is 1. The van der Waals surface area contributed by atoms with Crippen molar-refractivity contribution < 1.29 is 13.5 Å². The number of hydrazone groups is 1. The first-order valence-corrected chi connectivity index (χ1v) is 8.80. The highest BCUT2D eigenvalue weighted by Crippen LogP contribution is 2.28. The largest absolute Gasteiger partial charge is 0.496 e. The highest BCUT2D eigenvalue weighted by Gasteiger charge is 2.13. The molecule has 0 radical (unpaired) electrons. The lowest BCUT2D eigenvalue weighted by Crippen LogP contribution is -2.23. The van der Waals surface area contributed by atoms with Gasteiger partial charge in [0.25, 0.3) is 6.43 Å². The molecule has 1 aromatic carbocycles. The Morgan fingerprint density at radius 2 is 2.19 bits per heavy atom. The third-order valence-electron chi connectivity index (χ3n) is 3.13. The van der Waals surface area contributed by atoms with Crippen LogP contribution in [0.5, 0.6) is 5.75 Å². The summed E-state index contributed by atoms with van der Waals surface area (Å²) in [6.07, 6.45) is -1.07. The maximum Gasteiger partial charge on any atom is 0.280 e. The van der Waals surface area contributed by atoms with Crippen molar-refractivity contribution >= 4 is 35.3 Å². The molecular formula is C16H17F2N5OS2. The van der Waals surface area contributed by atoms with Crippen molar-refractivity contribution in [2.45, 2.75) is 24.3 Å². The Labute approximate surface area is 159 Å². The van der Waals surface area contributed by atoms with Crippen LogP contribution in [0.25, 0.3) is 0 Å². The third kappa shape index (κ3) is 5.88. The van der Waals surface area contributed by atoms with Gasteiger partial charge in [-0.1, -0.05) is 11.8 Å². The second-order valence-corrected chi connectivity index (χ2v) is 6.49. The molecule has 0 aliphatic carbocycles. The van der Waals surface area contributed by atoms with Gasteiger partial charge in [-0.3, -0.25) is 5.43 Å². The van der Waals surface area contributed by atoms with Crippen molar-refractivity contribution in [2.24, 2.45) is 10.8 Å². The maximum atomic E-state index is 12.9. The molecule has 0 saturated heterocycles. The maximum absolute atomic E-state index is 12.9. The molecule has 26 heavy (non-hydrogen) atoms. The number of aryl methyl sites for hydroxylation is 1. The van der Waals surface area contributed by atoms with Gasteiger partial charge in [-0.2, -0.15) is 5.10 Å². The van der Waals surface area contributed by atoms with Crippen molar-refractivity contribution in [3.05, 3.63) is 46.8 Å². The monoisotopic (exact) mass is 397 g/mol. The van der Waals surface area contributed by atoms with Crippen LogP contribution in [0, 0.1) is 6.92 Å². The molecule has 0 fully saturated rings. The van der Waals surface area contributed by atoms with E-state index in [0.717, 1.165) is 11.1 Å². The Morgan fingerprint density at radius 3 is 2.85 bits per heavy atom. The average molecular weight is 397 g/mol. The molecule has 0 aliphatic rings. The van der Waals surface area contributed by atoms with Crippen LogP contribution in [-0.4, -0.2) is 28.4 Å². The molecule has 1 heterocycles. The summed E-state index contributed by atoms with van der Waals surface area (Å²) < 4.78 is 31.1. The van der Waals surface area contributed by atoms with Crippen LogP contribution in [0.15, 0.2) is 34.5 Å². The number of methoxy groups -OCH3 is 1. The molecule has 10 heteroatoms. The first kappa shape index (κ1) is 20.0. The van der Waals surface area contributed by atoms with E-state index < -0.39 is 6.43 Å². The number of nitrogens with one attached hydrogen (secondary N) is 1. The van der Waals surface area contributed by atoms with Crippen molar-refractivity contribution in [1.82, 2.24) is 15.4 Å². The number of thiocarbonyl (C=S) groups is 1. The lowest BCUT2D eigenvalue weighted by Gasteiger charge is -2.10. The lowest BCUT2D eigenvalue weighted by atomic mass is 10.1. The zero-order valence-corrected chi connectivity index (χ0v) is 15.7. The standard InChI is InChI=1S/C16H17F2N5OS2/c1-9-5-12(14(17)18)22-16(21-9)26-8-11-6-10(3-4-13(11)24-2)7-20-23-15(19)25/h3-7,14H,8H2,1-2H3,(H3,19,23,25). The highest BCUT2D eigenvalue weighted by molar-refractivity contribution is 7.98. The highest BCUT2D eigenvalue weighted by atomic mass is 32.2. The van der Waals surface area contributed by atoms with E-state index in [9.17, 15) is 8.78 Å². The summed E-state index contributed by atoms with van der Waals surface area (Å²) in [5.41, 5.74) is 9.64. The molecule has 138 valence electrons. The smallest absolute Gasteiger partial charge is 0.280 e. The fraction of sp³-hybridized carbons (Fsp3) is 0.250. The SMILES string of the molecule is COc1ccc(C=NNC(N)=S)cc1CSc1nc(C)cc(C(F)F)n1. The van der Waals surface area contributed by atoms with Crippen molar-refractivity contribution in [3.8, 4) is 5.75 Å².